The van der Waals surface area contributed by atoms with Crippen molar-refractivity contribution in [2.24, 2.45) is 0 Å². The lowest BCUT2D eigenvalue weighted by molar-refractivity contribution is -0.114. The number of hydrogen-bond donors (Lipinski definition) is 2. The highest BCUT2D eigenvalue weighted by molar-refractivity contribution is 6.14. The number of benzene rings is 2. The van der Waals surface area contributed by atoms with Crippen molar-refractivity contribution in [3.63, 3.8) is 0 Å². The Morgan fingerprint density at radius 3 is 2.70 bits per heavy atom. The summed E-state index contributed by atoms with van der Waals surface area (Å²) in [4.78, 5) is 32.1. The number of nitrogens with zero attached hydrogens (tertiary/aromatic N) is 2. The number of aryl methyl sites for hydroxylation is 1. The van der Waals surface area contributed by atoms with Crippen LogP contribution in [0.25, 0.3) is 10.9 Å². The summed E-state index contributed by atoms with van der Waals surface area (Å²) in [6, 6.07) is 13.3. The Balaban J connectivity index is 1.77. The van der Waals surface area contributed by atoms with Crippen LogP contribution in [-0.4, -0.2) is 34.8 Å². The minimum absolute atomic E-state index is 0.147. The van der Waals surface area contributed by atoms with Crippen molar-refractivity contribution in [2.45, 2.75) is 33.7 Å². The molecule has 0 atom stereocenters. The van der Waals surface area contributed by atoms with Crippen LogP contribution >= 0.6 is 0 Å². The van der Waals surface area contributed by atoms with Gasteiger partial charge >= 0.3 is 0 Å². The maximum atomic E-state index is 13.5. The number of likely N-dealkylation sites (N-methyl/N-ethyl adjacent to an activating group) is 1. The van der Waals surface area contributed by atoms with Gasteiger partial charge in [-0.25, -0.2) is 0 Å². The summed E-state index contributed by atoms with van der Waals surface area (Å²) >= 11 is 0. The van der Waals surface area contributed by atoms with Gasteiger partial charge in [-0.15, -0.1) is 0 Å². The predicted octanol–water partition coefficient (Wildman–Crippen LogP) is 4.13. The highest BCUT2D eigenvalue weighted by Crippen LogP contribution is 2.29. The molecule has 6 nitrogen and oxygen atoms in total. The normalized spacial score (nSPS) is 13.7. The zero-order valence-electron chi connectivity index (χ0n) is 17.6. The van der Waals surface area contributed by atoms with Crippen LogP contribution in [0.5, 0.6) is 0 Å². The van der Waals surface area contributed by atoms with Crippen LogP contribution in [0, 0.1) is 6.92 Å². The van der Waals surface area contributed by atoms with Gasteiger partial charge in [-0.3, -0.25) is 19.5 Å². The monoisotopic (exact) mass is 402 g/mol. The standard InChI is InChI=1S/C24H26N4O2/c1-4-28-12-11-21-19(14-28)23(18-7-5-6-8-20(18)26-21)24(30)27-22-13-17(25-16(3)29)10-9-15(22)2/h5-10,13H,4,11-12,14H2,1-3H3,(H,25,29)(H,27,30). The number of fused-ring (bicyclic) bond motifs is 2. The number of para-hydroxylation sites is 1. The molecule has 0 radical (unpaired) electrons. The topological polar surface area (TPSA) is 74.3 Å². The molecule has 0 saturated heterocycles. The highest BCUT2D eigenvalue weighted by Gasteiger charge is 2.25. The van der Waals surface area contributed by atoms with Gasteiger partial charge in [0.2, 0.25) is 5.91 Å². The smallest absolute Gasteiger partial charge is 0.256 e. The van der Waals surface area contributed by atoms with Gasteiger partial charge in [-0.2, -0.15) is 0 Å². The van der Waals surface area contributed by atoms with Crippen molar-refractivity contribution in [3.05, 3.63) is 64.8 Å². The number of aromatic nitrogens is 1. The van der Waals surface area contributed by atoms with Crippen LogP contribution in [0.1, 0.15) is 41.0 Å². The van der Waals surface area contributed by atoms with Crippen LogP contribution in [0.2, 0.25) is 0 Å². The fraction of sp³-hybridized carbons (Fsp3) is 0.292. The average Bonchev–Trinajstić information content (AvgIpc) is 2.73. The molecule has 2 amide bonds. The van der Waals surface area contributed by atoms with Crippen LogP contribution in [0.15, 0.2) is 42.5 Å². The van der Waals surface area contributed by atoms with Gasteiger partial charge < -0.3 is 10.6 Å². The summed E-state index contributed by atoms with van der Waals surface area (Å²) in [6.45, 7) is 8.14. The van der Waals surface area contributed by atoms with E-state index < -0.39 is 0 Å². The molecule has 0 spiro atoms. The summed E-state index contributed by atoms with van der Waals surface area (Å²) in [5.41, 5.74) is 5.82. The SMILES string of the molecule is CCN1CCc2nc3ccccc3c(C(=O)Nc3cc(NC(C)=O)ccc3C)c2C1. The largest absolute Gasteiger partial charge is 0.326 e. The molecule has 6 heteroatoms. The maximum absolute atomic E-state index is 13.5. The van der Waals surface area contributed by atoms with E-state index in [1.807, 2.05) is 43.3 Å². The molecule has 0 unspecified atom stereocenters. The zero-order chi connectivity index (χ0) is 21.3. The first-order chi connectivity index (χ1) is 14.5. The second kappa shape index (κ2) is 8.24. The lowest BCUT2D eigenvalue weighted by Gasteiger charge is -2.29. The number of amides is 2. The molecule has 0 fully saturated rings. The minimum atomic E-state index is -0.148. The Morgan fingerprint density at radius 2 is 1.93 bits per heavy atom. The van der Waals surface area contributed by atoms with Gasteiger partial charge in [-0.05, 0) is 37.2 Å². The predicted molar refractivity (Wildman–Crippen MR) is 120 cm³/mol. The van der Waals surface area contributed by atoms with Crippen LogP contribution < -0.4 is 10.6 Å². The first-order valence-electron chi connectivity index (χ1n) is 10.3. The number of anilines is 2. The third-order valence-electron chi connectivity index (χ3n) is 5.61. The summed E-state index contributed by atoms with van der Waals surface area (Å²) in [5, 5.41) is 6.71. The molecule has 2 aromatic carbocycles. The van der Waals surface area contributed by atoms with E-state index >= 15 is 0 Å². The van der Waals surface area contributed by atoms with E-state index in [1.54, 1.807) is 6.07 Å². The van der Waals surface area contributed by atoms with E-state index in [-0.39, 0.29) is 11.8 Å². The molecule has 2 heterocycles. The van der Waals surface area contributed by atoms with E-state index in [0.717, 1.165) is 53.8 Å². The van der Waals surface area contributed by atoms with Crippen molar-refractivity contribution < 1.29 is 9.59 Å². The molecule has 30 heavy (non-hydrogen) atoms. The molecule has 154 valence electrons. The summed E-state index contributed by atoms with van der Waals surface area (Å²) in [5.74, 6) is -0.295. The number of nitrogens with one attached hydrogen (secondary N) is 2. The molecule has 0 saturated carbocycles. The van der Waals surface area contributed by atoms with Crippen LogP contribution in [0.4, 0.5) is 11.4 Å². The van der Waals surface area contributed by atoms with Crippen LogP contribution in [-0.2, 0) is 17.8 Å². The number of pyridine rings is 1. The third kappa shape index (κ3) is 3.91. The lowest BCUT2D eigenvalue weighted by Crippen LogP contribution is -2.33. The van der Waals surface area contributed by atoms with Gasteiger partial charge in [0.25, 0.3) is 5.91 Å². The fourth-order valence-electron chi connectivity index (χ4n) is 4.00. The molecule has 0 bridgehead atoms. The number of hydrogen-bond acceptors (Lipinski definition) is 4. The fourth-order valence-corrected chi connectivity index (χ4v) is 4.00. The van der Waals surface area contributed by atoms with Crippen molar-refractivity contribution in [3.8, 4) is 0 Å². The average molecular weight is 402 g/mol. The van der Waals surface area contributed by atoms with E-state index in [1.165, 1.54) is 6.92 Å². The molecule has 2 N–H and O–H groups in total. The molecular weight excluding hydrogens is 376 g/mol. The van der Waals surface area contributed by atoms with E-state index in [4.69, 9.17) is 4.98 Å². The Hall–Kier alpha value is -3.25. The van der Waals surface area contributed by atoms with Crippen molar-refractivity contribution in [1.82, 2.24) is 9.88 Å². The van der Waals surface area contributed by atoms with Crippen molar-refractivity contribution >= 4 is 34.1 Å². The van der Waals surface area contributed by atoms with E-state index in [2.05, 4.69) is 22.5 Å². The number of carbonyl (C=O) groups excluding carboxylic acids is 2. The van der Waals surface area contributed by atoms with Crippen molar-refractivity contribution in [2.75, 3.05) is 23.7 Å². The zero-order valence-corrected chi connectivity index (χ0v) is 17.6. The Labute approximate surface area is 176 Å². The number of rotatable bonds is 4. The first kappa shape index (κ1) is 20.0. The van der Waals surface area contributed by atoms with Gasteiger partial charge in [0.1, 0.15) is 0 Å². The highest BCUT2D eigenvalue weighted by atomic mass is 16.2. The van der Waals surface area contributed by atoms with E-state index in [9.17, 15) is 9.59 Å². The molecule has 1 aliphatic rings. The Morgan fingerprint density at radius 1 is 1.13 bits per heavy atom. The molecule has 1 aromatic heterocycles. The molecule has 1 aliphatic heterocycles. The summed E-state index contributed by atoms with van der Waals surface area (Å²) in [6.07, 6.45) is 0.839. The molecule has 3 aromatic rings. The molecular formula is C24H26N4O2. The van der Waals surface area contributed by atoms with Crippen molar-refractivity contribution in [1.29, 1.82) is 0 Å². The van der Waals surface area contributed by atoms with Gasteiger partial charge in [-0.1, -0.05) is 31.2 Å². The van der Waals surface area contributed by atoms with Crippen LogP contribution in [0.3, 0.4) is 0 Å². The Kier molecular flexibility index (Phi) is 5.50. The molecule has 4 rings (SSSR count). The minimum Gasteiger partial charge on any atom is -0.326 e. The second-order valence-electron chi connectivity index (χ2n) is 7.71. The maximum Gasteiger partial charge on any atom is 0.256 e. The van der Waals surface area contributed by atoms with Gasteiger partial charge in [0.15, 0.2) is 0 Å². The Bertz CT molecular complexity index is 1140. The summed E-state index contributed by atoms with van der Waals surface area (Å²) in [7, 11) is 0. The van der Waals surface area contributed by atoms with Gasteiger partial charge in [0, 0.05) is 54.5 Å². The van der Waals surface area contributed by atoms with Gasteiger partial charge in [0.05, 0.1) is 11.1 Å². The molecule has 0 aliphatic carbocycles. The number of carbonyl (C=O) groups is 2. The lowest BCUT2D eigenvalue weighted by atomic mass is 9.95. The first-order valence-corrected chi connectivity index (χ1v) is 10.3. The van der Waals surface area contributed by atoms with E-state index in [0.29, 0.717) is 16.9 Å². The third-order valence-corrected chi connectivity index (χ3v) is 5.61. The summed E-state index contributed by atoms with van der Waals surface area (Å²) < 4.78 is 0. The second-order valence-corrected chi connectivity index (χ2v) is 7.71. The quantitative estimate of drug-likeness (QED) is 0.688.